The first-order chi connectivity index (χ1) is 15.5. The molecule has 32 heavy (non-hydrogen) atoms. The van der Waals surface area contributed by atoms with E-state index in [1.807, 2.05) is 16.9 Å². The Morgan fingerprint density at radius 2 is 2.00 bits per heavy atom. The molecule has 1 saturated carbocycles. The van der Waals surface area contributed by atoms with E-state index >= 15 is 0 Å². The van der Waals surface area contributed by atoms with Crippen molar-refractivity contribution in [2.45, 2.75) is 50.4 Å². The maximum absolute atomic E-state index is 13.5. The summed E-state index contributed by atoms with van der Waals surface area (Å²) in [7, 11) is 0. The third-order valence-electron chi connectivity index (χ3n) is 6.22. The van der Waals surface area contributed by atoms with Gasteiger partial charge in [0.1, 0.15) is 17.6 Å². The van der Waals surface area contributed by atoms with E-state index in [2.05, 4.69) is 15.6 Å². The van der Waals surface area contributed by atoms with E-state index in [0.717, 1.165) is 49.2 Å². The van der Waals surface area contributed by atoms with Crippen molar-refractivity contribution in [1.29, 1.82) is 0 Å². The number of nitrogens with zero attached hydrogens (tertiary/aromatic N) is 4. The van der Waals surface area contributed by atoms with Crippen LogP contribution in [-0.4, -0.2) is 50.2 Å². The average molecular weight is 457 g/mol. The standard InChI is InChI=1S/C23H26ClFN6O/c24-15-9-14(10-19(32)11-15)22-20(13-31(30-22)18-5-7-26-12-18)21-6-8-27-23(29-21)28-17-3-1-16(25)2-4-17/h6,8-11,13,16-18,26,32H,1-5,7,12H2,(H,27,28,29)/t16?,17?,18-/m0/s1. The molecule has 2 aliphatic rings. The van der Waals surface area contributed by atoms with E-state index < -0.39 is 6.17 Å². The molecule has 0 radical (unpaired) electrons. The Hall–Kier alpha value is -2.71. The Morgan fingerprint density at radius 3 is 2.75 bits per heavy atom. The van der Waals surface area contributed by atoms with Gasteiger partial charge in [-0.05, 0) is 62.9 Å². The fourth-order valence-corrected chi connectivity index (χ4v) is 4.74. The molecule has 5 rings (SSSR count). The lowest BCUT2D eigenvalue weighted by Gasteiger charge is -2.25. The number of benzene rings is 1. The normalized spacial score (nSPS) is 23.4. The molecular formula is C23H26ClFN6O. The number of halogens is 2. The summed E-state index contributed by atoms with van der Waals surface area (Å²) in [6.07, 6.45) is 6.71. The zero-order valence-electron chi connectivity index (χ0n) is 17.6. The van der Waals surface area contributed by atoms with Crippen molar-refractivity contribution < 1.29 is 9.50 Å². The van der Waals surface area contributed by atoms with Gasteiger partial charge in [0, 0.05) is 41.1 Å². The van der Waals surface area contributed by atoms with E-state index in [9.17, 15) is 9.50 Å². The van der Waals surface area contributed by atoms with Crippen molar-refractivity contribution in [3.63, 3.8) is 0 Å². The molecule has 2 aromatic heterocycles. The molecule has 0 unspecified atom stereocenters. The van der Waals surface area contributed by atoms with Crippen molar-refractivity contribution in [2.75, 3.05) is 18.4 Å². The zero-order valence-corrected chi connectivity index (χ0v) is 18.4. The Balaban J connectivity index is 1.50. The summed E-state index contributed by atoms with van der Waals surface area (Å²) in [4.78, 5) is 9.13. The van der Waals surface area contributed by atoms with Gasteiger partial charge >= 0.3 is 0 Å². The SMILES string of the molecule is Oc1cc(Cl)cc(-c2nn([C@H]3CCNC3)cc2-c2ccnc(NC3CCC(F)CC3)n2)c1. The first-order valence-corrected chi connectivity index (χ1v) is 11.5. The lowest BCUT2D eigenvalue weighted by atomic mass is 9.94. The molecule has 1 saturated heterocycles. The van der Waals surface area contributed by atoms with Gasteiger partial charge in [0.05, 0.1) is 11.7 Å². The minimum Gasteiger partial charge on any atom is -0.508 e. The van der Waals surface area contributed by atoms with Crippen LogP contribution in [0.3, 0.4) is 0 Å². The fraction of sp³-hybridized carbons (Fsp3) is 0.435. The largest absolute Gasteiger partial charge is 0.508 e. The summed E-state index contributed by atoms with van der Waals surface area (Å²) >= 11 is 6.21. The van der Waals surface area contributed by atoms with Gasteiger partial charge in [0.25, 0.3) is 0 Å². The molecule has 1 atom stereocenters. The van der Waals surface area contributed by atoms with Crippen LogP contribution < -0.4 is 10.6 Å². The van der Waals surface area contributed by atoms with Gasteiger partial charge in [0.2, 0.25) is 5.95 Å². The first kappa shape index (κ1) is 21.2. The van der Waals surface area contributed by atoms with Gasteiger partial charge in [0.15, 0.2) is 0 Å². The number of phenols is 1. The maximum Gasteiger partial charge on any atom is 0.223 e. The van der Waals surface area contributed by atoms with Gasteiger partial charge in [-0.2, -0.15) is 5.10 Å². The Morgan fingerprint density at radius 1 is 1.16 bits per heavy atom. The van der Waals surface area contributed by atoms with Gasteiger partial charge < -0.3 is 15.7 Å². The lowest BCUT2D eigenvalue weighted by Crippen LogP contribution is -2.27. The molecular weight excluding hydrogens is 431 g/mol. The topological polar surface area (TPSA) is 87.9 Å². The second-order valence-corrected chi connectivity index (χ2v) is 9.01. The predicted octanol–water partition coefficient (Wildman–Crippen LogP) is 4.59. The molecule has 3 heterocycles. The van der Waals surface area contributed by atoms with Crippen LogP contribution in [0.15, 0.2) is 36.7 Å². The summed E-state index contributed by atoms with van der Waals surface area (Å²) in [5.74, 6) is 0.615. The van der Waals surface area contributed by atoms with E-state index in [0.29, 0.717) is 29.5 Å². The van der Waals surface area contributed by atoms with Gasteiger partial charge in [-0.15, -0.1) is 0 Å². The summed E-state index contributed by atoms with van der Waals surface area (Å²) in [5.41, 5.74) is 3.01. The second kappa shape index (κ2) is 9.03. The number of phenolic OH excluding ortho intramolecular Hbond substituents is 1. The lowest BCUT2D eigenvalue weighted by molar-refractivity contribution is 0.241. The number of anilines is 1. The van der Waals surface area contributed by atoms with E-state index in [1.165, 1.54) is 6.07 Å². The maximum atomic E-state index is 13.5. The number of aromatic nitrogens is 4. The van der Waals surface area contributed by atoms with Gasteiger partial charge in [-0.25, -0.2) is 14.4 Å². The summed E-state index contributed by atoms with van der Waals surface area (Å²) in [6, 6.07) is 7.23. The number of hydrogen-bond acceptors (Lipinski definition) is 6. The number of hydrogen-bond donors (Lipinski definition) is 3. The van der Waals surface area contributed by atoms with Crippen LogP contribution in [0.5, 0.6) is 5.75 Å². The smallest absolute Gasteiger partial charge is 0.223 e. The molecule has 3 N–H and O–H groups in total. The average Bonchev–Trinajstić information content (AvgIpc) is 3.45. The number of nitrogens with one attached hydrogen (secondary N) is 2. The number of aromatic hydroxyl groups is 1. The highest BCUT2D eigenvalue weighted by Crippen LogP contribution is 2.35. The highest BCUT2D eigenvalue weighted by Gasteiger charge is 2.24. The monoisotopic (exact) mass is 456 g/mol. The third kappa shape index (κ3) is 4.56. The number of rotatable bonds is 5. The van der Waals surface area contributed by atoms with E-state index in [-0.39, 0.29) is 17.8 Å². The molecule has 0 spiro atoms. The highest BCUT2D eigenvalue weighted by atomic mass is 35.5. The molecule has 1 aliphatic heterocycles. The van der Waals surface area contributed by atoms with Crippen LogP contribution in [0.2, 0.25) is 5.02 Å². The van der Waals surface area contributed by atoms with Crippen LogP contribution in [0.1, 0.15) is 38.1 Å². The van der Waals surface area contributed by atoms with Crippen molar-refractivity contribution in [1.82, 2.24) is 25.1 Å². The molecule has 2 fully saturated rings. The van der Waals surface area contributed by atoms with Crippen molar-refractivity contribution in [3.8, 4) is 28.3 Å². The number of alkyl halides is 1. The quantitative estimate of drug-likeness (QED) is 0.520. The Bertz CT molecular complexity index is 1070. The van der Waals surface area contributed by atoms with Crippen molar-refractivity contribution in [2.24, 2.45) is 0 Å². The van der Waals surface area contributed by atoms with Crippen molar-refractivity contribution in [3.05, 3.63) is 41.7 Å². The van der Waals surface area contributed by atoms with E-state index in [1.54, 1.807) is 18.3 Å². The molecule has 1 aliphatic carbocycles. The molecule has 0 bridgehead atoms. The molecule has 3 aromatic rings. The molecule has 168 valence electrons. The Kier molecular flexibility index (Phi) is 5.97. The van der Waals surface area contributed by atoms with Crippen LogP contribution in [-0.2, 0) is 0 Å². The fourth-order valence-electron chi connectivity index (χ4n) is 4.51. The Labute approximate surface area is 191 Å². The predicted molar refractivity (Wildman–Crippen MR) is 123 cm³/mol. The van der Waals surface area contributed by atoms with Crippen LogP contribution >= 0.6 is 11.6 Å². The van der Waals surface area contributed by atoms with Gasteiger partial charge in [-0.3, -0.25) is 4.68 Å². The zero-order chi connectivity index (χ0) is 22.1. The minimum absolute atomic E-state index is 0.0871. The van der Waals surface area contributed by atoms with Crippen LogP contribution in [0, 0.1) is 0 Å². The van der Waals surface area contributed by atoms with E-state index in [4.69, 9.17) is 21.7 Å². The van der Waals surface area contributed by atoms with Gasteiger partial charge in [-0.1, -0.05) is 11.6 Å². The van der Waals surface area contributed by atoms with Crippen LogP contribution in [0.4, 0.5) is 10.3 Å². The first-order valence-electron chi connectivity index (χ1n) is 11.1. The second-order valence-electron chi connectivity index (χ2n) is 8.57. The van der Waals surface area contributed by atoms with Crippen LogP contribution in [0.25, 0.3) is 22.5 Å². The molecule has 1 aromatic carbocycles. The summed E-state index contributed by atoms with van der Waals surface area (Å²) in [6.45, 7) is 1.81. The molecule has 0 amide bonds. The summed E-state index contributed by atoms with van der Waals surface area (Å²) < 4.78 is 15.4. The van der Waals surface area contributed by atoms with Crippen molar-refractivity contribution >= 4 is 17.5 Å². The molecule has 7 nitrogen and oxygen atoms in total. The molecule has 9 heteroatoms. The highest BCUT2D eigenvalue weighted by molar-refractivity contribution is 6.31. The minimum atomic E-state index is -0.701. The third-order valence-corrected chi connectivity index (χ3v) is 6.44. The summed E-state index contributed by atoms with van der Waals surface area (Å²) in [5, 5.41) is 22.1.